The van der Waals surface area contributed by atoms with Gasteiger partial charge in [0.2, 0.25) is 11.3 Å². The largest absolute Gasteiger partial charge is 0.478 e. The summed E-state index contributed by atoms with van der Waals surface area (Å²) in [5.41, 5.74) is -1.17. The average molecular weight is 478 g/mol. The number of ether oxygens (including phenoxy) is 1. The Labute approximate surface area is 193 Å². The van der Waals surface area contributed by atoms with Crippen molar-refractivity contribution >= 4 is 17.0 Å². The van der Waals surface area contributed by atoms with E-state index >= 15 is 0 Å². The third-order valence-electron chi connectivity index (χ3n) is 5.62. The van der Waals surface area contributed by atoms with Crippen LogP contribution in [0, 0.1) is 23.4 Å². The number of halogens is 3. The number of hydrogen-bond acceptors (Lipinski definition) is 5. The van der Waals surface area contributed by atoms with Crippen molar-refractivity contribution < 1.29 is 32.9 Å². The molecule has 0 aliphatic rings. The summed E-state index contributed by atoms with van der Waals surface area (Å²) in [4.78, 5) is 29.1. The maximum absolute atomic E-state index is 14.1. The third kappa shape index (κ3) is 4.91. The number of hydrogen-bond donors (Lipinski definition) is 2. The molecule has 2 heterocycles. The number of pyridine rings is 2. The van der Waals surface area contributed by atoms with Crippen molar-refractivity contribution in [2.45, 2.75) is 39.7 Å². The van der Waals surface area contributed by atoms with Crippen LogP contribution in [0.2, 0.25) is 0 Å². The number of aliphatic hydroxyl groups is 1. The molecule has 0 fully saturated rings. The van der Waals surface area contributed by atoms with E-state index in [0.29, 0.717) is 17.7 Å². The molecule has 3 aromatic rings. The van der Waals surface area contributed by atoms with Gasteiger partial charge in [0.05, 0.1) is 24.6 Å². The van der Waals surface area contributed by atoms with Gasteiger partial charge in [0.1, 0.15) is 28.7 Å². The summed E-state index contributed by atoms with van der Waals surface area (Å²) in [6.45, 7) is 5.24. The zero-order valence-electron chi connectivity index (χ0n) is 18.9. The SMILES string of the molecule is CCOc1nc2c(cc1CCc1c(F)cc(F)cc1F)c(=O)c(C(=O)O)cn2[C@H](CO)C(C)C. The Balaban J connectivity index is 2.21. The van der Waals surface area contributed by atoms with Crippen molar-refractivity contribution in [3.63, 3.8) is 0 Å². The van der Waals surface area contributed by atoms with E-state index in [4.69, 9.17) is 4.74 Å². The monoisotopic (exact) mass is 478 g/mol. The van der Waals surface area contributed by atoms with Gasteiger partial charge >= 0.3 is 5.97 Å². The Morgan fingerprint density at radius 1 is 1.15 bits per heavy atom. The van der Waals surface area contributed by atoms with Gasteiger partial charge in [0.25, 0.3) is 0 Å². The van der Waals surface area contributed by atoms with Crippen LogP contribution in [0.1, 0.15) is 48.3 Å². The Morgan fingerprint density at radius 2 is 1.79 bits per heavy atom. The highest BCUT2D eigenvalue weighted by atomic mass is 19.1. The van der Waals surface area contributed by atoms with Crippen LogP contribution in [0.25, 0.3) is 11.0 Å². The van der Waals surface area contributed by atoms with Gasteiger partial charge in [-0.3, -0.25) is 4.79 Å². The molecule has 2 N–H and O–H groups in total. The van der Waals surface area contributed by atoms with Crippen LogP contribution >= 0.6 is 0 Å². The molecule has 0 bridgehead atoms. The molecule has 182 valence electrons. The zero-order valence-corrected chi connectivity index (χ0v) is 18.9. The van der Waals surface area contributed by atoms with E-state index in [1.165, 1.54) is 10.6 Å². The Morgan fingerprint density at radius 3 is 2.32 bits per heavy atom. The van der Waals surface area contributed by atoms with Gasteiger partial charge in [0, 0.05) is 29.5 Å². The molecule has 10 heteroatoms. The van der Waals surface area contributed by atoms with Crippen molar-refractivity contribution in [2.24, 2.45) is 5.92 Å². The first-order valence-electron chi connectivity index (χ1n) is 10.8. The number of fused-ring (bicyclic) bond motifs is 1. The van der Waals surface area contributed by atoms with Gasteiger partial charge in [0.15, 0.2) is 0 Å². The van der Waals surface area contributed by atoms with Crippen LogP contribution in [-0.2, 0) is 12.8 Å². The summed E-state index contributed by atoms with van der Waals surface area (Å²) in [5, 5.41) is 19.4. The Hall–Kier alpha value is -3.40. The molecule has 0 saturated heterocycles. The van der Waals surface area contributed by atoms with E-state index in [2.05, 4.69) is 4.98 Å². The summed E-state index contributed by atoms with van der Waals surface area (Å²) in [6.07, 6.45) is 0.963. The fourth-order valence-electron chi connectivity index (χ4n) is 3.83. The first-order valence-corrected chi connectivity index (χ1v) is 10.8. The topological polar surface area (TPSA) is 102 Å². The molecule has 3 rings (SSSR count). The van der Waals surface area contributed by atoms with Crippen LogP contribution in [0.5, 0.6) is 5.88 Å². The van der Waals surface area contributed by atoms with Crippen molar-refractivity contribution in [3.8, 4) is 5.88 Å². The number of aliphatic hydroxyl groups excluding tert-OH is 1. The number of aromatic nitrogens is 2. The van der Waals surface area contributed by atoms with E-state index in [-0.39, 0.29) is 54.5 Å². The molecular formula is C24H25F3N2O5. The van der Waals surface area contributed by atoms with E-state index in [1.807, 2.05) is 13.8 Å². The molecule has 0 saturated carbocycles. The molecule has 0 radical (unpaired) electrons. The summed E-state index contributed by atoms with van der Waals surface area (Å²) in [6, 6.07) is 1.99. The lowest BCUT2D eigenvalue weighted by Crippen LogP contribution is -2.26. The van der Waals surface area contributed by atoms with Crippen molar-refractivity contribution in [2.75, 3.05) is 13.2 Å². The van der Waals surface area contributed by atoms with Crippen molar-refractivity contribution in [1.29, 1.82) is 0 Å². The zero-order chi connectivity index (χ0) is 25.2. The average Bonchev–Trinajstić information content (AvgIpc) is 2.75. The van der Waals surface area contributed by atoms with Crippen LogP contribution in [0.3, 0.4) is 0 Å². The van der Waals surface area contributed by atoms with Crippen LogP contribution in [0.4, 0.5) is 13.2 Å². The number of carboxylic acids is 1. The van der Waals surface area contributed by atoms with E-state index in [1.54, 1.807) is 6.92 Å². The van der Waals surface area contributed by atoms with E-state index in [9.17, 15) is 33.0 Å². The minimum atomic E-state index is -1.44. The van der Waals surface area contributed by atoms with Gasteiger partial charge < -0.3 is 19.5 Å². The highest BCUT2D eigenvalue weighted by molar-refractivity contribution is 5.92. The lowest BCUT2D eigenvalue weighted by Gasteiger charge is -2.24. The second-order valence-electron chi connectivity index (χ2n) is 8.18. The second-order valence-corrected chi connectivity index (χ2v) is 8.18. The summed E-state index contributed by atoms with van der Waals surface area (Å²) in [7, 11) is 0. The molecule has 0 aliphatic heterocycles. The minimum Gasteiger partial charge on any atom is -0.478 e. The molecule has 0 unspecified atom stereocenters. The quantitative estimate of drug-likeness (QED) is 0.484. The van der Waals surface area contributed by atoms with Crippen molar-refractivity contribution in [3.05, 3.63) is 68.8 Å². The normalized spacial score (nSPS) is 12.4. The third-order valence-corrected chi connectivity index (χ3v) is 5.62. The van der Waals surface area contributed by atoms with Gasteiger partial charge in [-0.15, -0.1) is 0 Å². The smallest absolute Gasteiger partial charge is 0.341 e. The van der Waals surface area contributed by atoms with Gasteiger partial charge in [-0.25, -0.2) is 18.0 Å². The molecular weight excluding hydrogens is 453 g/mol. The minimum absolute atomic E-state index is 0.0118. The van der Waals surface area contributed by atoms with E-state index < -0.39 is 40.5 Å². The number of benzene rings is 1. The van der Waals surface area contributed by atoms with Crippen LogP contribution in [-0.4, -0.2) is 38.9 Å². The maximum Gasteiger partial charge on any atom is 0.341 e. The fourth-order valence-corrected chi connectivity index (χ4v) is 3.83. The molecule has 0 amide bonds. The Kier molecular flexibility index (Phi) is 7.61. The number of aromatic carboxylic acids is 1. The lowest BCUT2D eigenvalue weighted by molar-refractivity contribution is 0.0694. The first kappa shape index (κ1) is 25.2. The molecule has 1 aromatic carbocycles. The first-order chi connectivity index (χ1) is 16.1. The van der Waals surface area contributed by atoms with Gasteiger partial charge in [-0.2, -0.15) is 4.98 Å². The standard InChI is InChI=1S/C24H25F3N2O5/c1-4-34-23-13(5-6-15-18(26)8-14(25)9-19(15)27)7-16-21(31)17(24(32)33)10-29(22(16)28-23)20(11-30)12(2)3/h7-10,12,20,30H,4-6,11H2,1-3H3,(H,32,33)/t20-/m1/s1. The maximum atomic E-state index is 14.1. The highest BCUT2D eigenvalue weighted by Crippen LogP contribution is 2.28. The van der Waals surface area contributed by atoms with Crippen LogP contribution < -0.4 is 10.2 Å². The van der Waals surface area contributed by atoms with Gasteiger partial charge in [-0.05, 0) is 31.7 Å². The molecule has 0 spiro atoms. The molecule has 0 aliphatic carbocycles. The number of nitrogens with zero attached hydrogens (tertiary/aromatic N) is 2. The lowest BCUT2D eigenvalue weighted by atomic mass is 10.0. The fraction of sp³-hybridized carbons (Fsp3) is 0.375. The van der Waals surface area contributed by atoms with Crippen molar-refractivity contribution in [1.82, 2.24) is 9.55 Å². The van der Waals surface area contributed by atoms with Crippen LogP contribution in [0.15, 0.2) is 29.2 Å². The molecule has 2 aromatic heterocycles. The second kappa shape index (κ2) is 10.3. The summed E-state index contributed by atoms with van der Waals surface area (Å²) >= 11 is 0. The Bertz CT molecular complexity index is 1270. The molecule has 1 atom stereocenters. The molecule has 7 nitrogen and oxygen atoms in total. The number of carbonyl (C=O) groups is 1. The van der Waals surface area contributed by atoms with E-state index in [0.717, 1.165) is 6.20 Å². The number of aryl methyl sites for hydroxylation is 1. The predicted octanol–water partition coefficient (Wildman–Crippen LogP) is 3.89. The highest BCUT2D eigenvalue weighted by Gasteiger charge is 2.24. The van der Waals surface area contributed by atoms with Gasteiger partial charge in [-0.1, -0.05) is 13.8 Å². The predicted molar refractivity (Wildman–Crippen MR) is 119 cm³/mol. The summed E-state index contributed by atoms with van der Waals surface area (Å²) < 4.78 is 48.5. The number of carboxylic acid groups (broad SMARTS) is 1. The molecule has 34 heavy (non-hydrogen) atoms. The summed E-state index contributed by atoms with van der Waals surface area (Å²) in [5.74, 6) is -4.57. The number of rotatable bonds is 9.